The predicted octanol–water partition coefficient (Wildman–Crippen LogP) is 2.16. The molecule has 0 radical (unpaired) electrons. The number of hydrogen-bond donors (Lipinski definition) is 1. The van der Waals surface area contributed by atoms with Crippen LogP contribution in [0.3, 0.4) is 0 Å². The number of benzene rings is 2. The maximum Gasteiger partial charge on any atom is 0.240 e. The Kier molecular flexibility index (Phi) is 3.83. The summed E-state index contributed by atoms with van der Waals surface area (Å²) in [7, 11) is 1.41. The molecule has 0 fully saturated rings. The van der Waals surface area contributed by atoms with E-state index in [4.69, 9.17) is 4.74 Å². The highest BCUT2D eigenvalue weighted by atomic mass is 32.2. The summed E-state index contributed by atoms with van der Waals surface area (Å²) in [6.45, 7) is 0. The van der Waals surface area contributed by atoms with Crippen LogP contribution in [-0.4, -0.2) is 32.1 Å². The van der Waals surface area contributed by atoms with Gasteiger partial charge in [0.25, 0.3) is 0 Å². The number of aryl methyl sites for hydroxylation is 1. The third kappa shape index (κ3) is 2.69. The summed E-state index contributed by atoms with van der Waals surface area (Å²) in [6.07, 6.45) is 0. The first-order valence-electron chi connectivity index (χ1n) is 7.00. The quantitative estimate of drug-likeness (QED) is 0.795. The molecule has 0 saturated carbocycles. The van der Waals surface area contributed by atoms with Crippen LogP contribution in [0.25, 0.3) is 22.4 Å². The Balaban J connectivity index is 2.18. The van der Waals surface area contributed by atoms with Gasteiger partial charge in [0.15, 0.2) is 0 Å². The Bertz CT molecular complexity index is 977. The predicted molar refractivity (Wildman–Crippen MR) is 88.9 cm³/mol. The molecule has 0 aliphatic rings. The summed E-state index contributed by atoms with van der Waals surface area (Å²) in [6, 6.07) is 12.5. The lowest BCUT2D eigenvalue weighted by atomic mass is 10.2. The summed E-state index contributed by atoms with van der Waals surface area (Å²) < 4.78 is 33.3. The smallest absolute Gasteiger partial charge is 0.240 e. The van der Waals surface area contributed by atoms with Crippen LogP contribution < -0.4 is 9.46 Å². The zero-order valence-electron chi connectivity index (χ0n) is 13.1. The van der Waals surface area contributed by atoms with E-state index < -0.39 is 10.0 Å². The maximum atomic E-state index is 11.9. The van der Waals surface area contributed by atoms with Crippen LogP contribution in [0.5, 0.6) is 5.75 Å². The molecule has 0 bridgehead atoms. The van der Waals surface area contributed by atoms with Gasteiger partial charge in [-0.1, -0.05) is 12.1 Å². The van der Waals surface area contributed by atoms with Crippen molar-refractivity contribution in [1.29, 1.82) is 0 Å². The molecule has 120 valence electrons. The molecule has 0 saturated heterocycles. The molecule has 0 aliphatic carbocycles. The van der Waals surface area contributed by atoms with E-state index in [2.05, 4.69) is 9.71 Å². The van der Waals surface area contributed by atoms with Crippen LogP contribution in [0.15, 0.2) is 47.4 Å². The summed E-state index contributed by atoms with van der Waals surface area (Å²) >= 11 is 0. The zero-order chi connectivity index (χ0) is 16.6. The van der Waals surface area contributed by atoms with E-state index >= 15 is 0 Å². The molecular weight excluding hydrogens is 314 g/mol. The van der Waals surface area contributed by atoms with Crippen molar-refractivity contribution in [2.24, 2.45) is 7.05 Å². The first-order valence-corrected chi connectivity index (χ1v) is 8.49. The van der Waals surface area contributed by atoms with E-state index in [1.54, 1.807) is 25.3 Å². The van der Waals surface area contributed by atoms with E-state index in [1.165, 1.54) is 7.05 Å². The molecule has 0 spiro atoms. The van der Waals surface area contributed by atoms with Crippen molar-refractivity contribution in [3.05, 3.63) is 42.5 Å². The lowest BCUT2D eigenvalue weighted by Crippen LogP contribution is -2.18. The van der Waals surface area contributed by atoms with E-state index in [0.717, 1.165) is 22.7 Å². The number of nitrogens with zero attached hydrogens (tertiary/aromatic N) is 2. The highest BCUT2D eigenvalue weighted by molar-refractivity contribution is 7.89. The minimum absolute atomic E-state index is 0.197. The molecule has 0 unspecified atom stereocenters. The fraction of sp³-hybridized carbons (Fsp3) is 0.188. The highest BCUT2D eigenvalue weighted by Crippen LogP contribution is 2.27. The normalized spacial score (nSPS) is 11.8. The Hall–Kier alpha value is -2.38. The molecule has 7 heteroatoms. The average molecular weight is 331 g/mol. The second-order valence-corrected chi connectivity index (χ2v) is 6.97. The van der Waals surface area contributed by atoms with E-state index in [-0.39, 0.29) is 4.90 Å². The van der Waals surface area contributed by atoms with Gasteiger partial charge in [-0.05, 0) is 37.4 Å². The Morgan fingerprint density at radius 1 is 1.17 bits per heavy atom. The van der Waals surface area contributed by atoms with Gasteiger partial charge < -0.3 is 9.30 Å². The topological polar surface area (TPSA) is 73.2 Å². The van der Waals surface area contributed by atoms with E-state index in [0.29, 0.717) is 5.52 Å². The molecule has 6 nitrogen and oxygen atoms in total. The van der Waals surface area contributed by atoms with Gasteiger partial charge in [0.05, 0.1) is 23.0 Å². The van der Waals surface area contributed by atoms with Crippen LogP contribution in [0.2, 0.25) is 0 Å². The van der Waals surface area contributed by atoms with E-state index in [9.17, 15) is 8.42 Å². The SMILES string of the molecule is CNS(=O)(=O)c1ccc2c(c1)nc(-c1cccc(OC)c1)n2C. The number of rotatable bonds is 4. The van der Waals surface area contributed by atoms with Crippen LogP contribution in [-0.2, 0) is 17.1 Å². The van der Waals surface area contributed by atoms with Gasteiger partial charge in [-0.25, -0.2) is 18.1 Å². The molecule has 1 aromatic heterocycles. The number of ether oxygens (including phenoxy) is 1. The standard InChI is InChI=1S/C16H17N3O3S/c1-17-23(20,21)13-7-8-15-14(10-13)18-16(19(15)2)11-5-4-6-12(9-11)22-3/h4-10,17H,1-3H3. The van der Waals surface area contributed by atoms with Crippen LogP contribution in [0.1, 0.15) is 0 Å². The molecule has 3 rings (SSSR count). The second kappa shape index (κ2) is 5.68. The van der Waals surface area contributed by atoms with Crippen molar-refractivity contribution in [3.8, 4) is 17.1 Å². The number of imidazole rings is 1. The third-order valence-corrected chi connectivity index (χ3v) is 5.17. The molecule has 0 aliphatic heterocycles. The highest BCUT2D eigenvalue weighted by Gasteiger charge is 2.15. The number of fused-ring (bicyclic) bond motifs is 1. The number of sulfonamides is 1. The lowest BCUT2D eigenvalue weighted by molar-refractivity contribution is 0.415. The second-order valence-electron chi connectivity index (χ2n) is 5.08. The van der Waals surface area contributed by atoms with Crippen molar-refractivity contribution >= 4 is 21.1 Å². The van der Waals surface area contributed by atoms with Crippen molar-refractivity contribution in [2.45, 2.75) is 4.90 Å². The molecular formula is C16H17N3O3S. The maximum absolute atomic E-state index is 11.9. The van der Waals surface area contributed by atoms with Gasteiger partial charge in [0, 0.05) is 12.6 Å². The summed E-state index contributed by atoms with van der Waals surface area (Å²) in [4.78, 5) is 4.78. The van der Waals surface area contributed by atoms with Crippen LogP contribution >= 0.6 is 0 Å². The van der Waals surface area contributed by atoms with E-state index in [1.807, 2.05) is 35.9 Å². The van der Waals surface area contributed by atoms with Gasteiger partial charge in [-0.3, -0.25) is 0 Å². The zero-order valence-corrected chi connectivity index (χ0v) is 13.9. The van der Waals surface area contributed by atoms with Gasteiger partial charge >= 0.3 is 0 Å². The van der Waals surface area contributed by atoms with Crippen LogP contribution in [0.4, 0.5) is 0 Å². The minimum atomic E-state index is -3.49. The number of aromatic nitrogens is 2. The van der Waals surface area contributed by atoms with Gasteiger partial charge in [0.1, 0.15) is 11.6 Å². The average Bonchev–Trinajstić information content (AvgIpc) is 2.91. The first kappa shape index (κ1) is 15.5. The van der Waals surface area contributed by atoms with Gasteiger partial charge in [-0.2, -0.15) is 0 Å². The fourth-order valence-corrected chi connectivity index (χ4v) is 3.23. The molecule has 0 amide bonds. The fourth-order valence-electron chi connectivity index (χ4n) is 2.48. The third-order valence-electron chi connectivity index (χ3n) is 3.76. The Labute approximate surface area is 134 Å². The first-order chi connectivity index (χ1) is 11.0. The van der Waals surface area contributed by atoms with Crippen molar-refractivity contribution in [1.82, 2.24) is 14.3 Å². The molecule has 1 N–H and O–H groups in total. The minimum Gasteiger partial charge on any atom is -0.497 e. The monoisotopic (exact) mass is 331 g/mol. The largest absolute Gasteiger partial charge is 0.497 e. The summed E-state index contributed by atoms with van der Waals surface area (Å²) in [5, 5.41) is 0. The molecule has 0 atom stereocenters. The number of nitrogens with one attached hydrogen (secondary N) is 1. The van der Waals surface area contributed by atoms with Crippen molar-refractivity contribution < 1.29 is 13.2 Å². The van der Waals surface area contributed by atoms with Crippen molar-refractivity contribution in [3.63, 3.8) is 0 Å². The number of hydrogen-bond acceptors (Lipinski definition) is 4. The summed E-state index contributed by atoms with van der Waals surface area (Å²) in [5.41, 5.74) is 2.39. The molecule has 1 heterocycles. The van der Waals surface area contributed by atoms with Gasteiger partial charge in [-0.15, -0.1) is 0 Å². The van der Waals surface area contributed by atoms with Gasteiger partial charge in [0.2, 0.25) is 10.0 Å². The van der Waals surface area contributed by atoms with Crippen molar-refractivity contribution in [2.75, 3.05) is 14.2 Å². The Morgan fingerprint density at radius 2 is 1.96 bits per heavy atom. The number of methoxy groups -OCH3 is 1. The molecule has 3 aromatic rings. The lowest BCUT2D eigenvalue weighted by Gasteiger charge is -2.05. The van der Waals surface area contributed by atoms with Crippen LogP contribution in [0, 0.1) is 0 Å². The molecule has 23 heavy (non-hydrogen) atoms. The summed E-state index contributed by atoms with van der Waals surface area (Å²) in [5.74, 6) is 1.49. The Morgan fingerprint density at radius 3 is 2.65 bits per heavy atom. The molecule has 2 aromatic carbocycles.